The summed E-state index contributed by atoms with van der Waals surface area (Å²) in [5, 5.41) is 0.368. The number of rotatable bonds is 8. The van der Waals surface area contributed by atoms with Crippen LogP contribution in [-0.4, -0.2) is 41.7 Å². The van der Waals surface area contributed by atoms with Gasteiger partial charge in [0.05, 0.1) is 18.8 Å². The van der Waals surface area contributed by atoms with Gasteiger partial charge in [-0.2, -0.15) is 0 Å². The Morgan fingerprint density at radius 2 is 2.04 bits per heavy atom. The lowest BCUT2D eigenvalue weighted by atomic mass is 10.1. The van der Waals surface area contributed by atoms with Crippen LogP contribution < -0.4 is 4.74 Å². The number of carbonyl (C=O) groups is 1. The molecule has 28 heavy (non-hydrogen) atoms. The molecule has 2 aromatic rings. The van der Waals surface area contributed by atoms with Crippen LogP contribution >= 0.6 is 11.6 Å². The average Bonchev–Trinajstić information content (AvgIpc) is 2.73. The van der Waals surface area contributed by atoms with Gasteiger partial charge in [-0.25, -0.2) is 4.98 Å². The Bertz CT molecular complexity index is 764. The molecule has 1 aromatic carbocycles. The van der Waals surface area contributed by atoms with Crippen molar-refractivity contribution in [1.29, 1.82) is 0 Å². The Morgan fingerprint density at radius 3 is 2.71 bits per heavy atom. The van der Waals surface area contributed by atoms with Crippen LogP contribution in [0.3, 0.4) is 0 Å². The van der Waals surface area contributed by atoms with Crippen LogP contribution in [0.25, 0.3) is 0 Å². The molecule has 1 fully saturated rings. The lowest BCUT2D eigenvalue weighted by Crippen LogP contribution is -2.31. The number of pyridine rings is 1. The molecule has 5 nitrogen and oxygen atoms in total. The number of benzene rings is 1. The summed E-state index contributed by atoms with van der Waals surface area (Å²) < 4.78 is 11.2. The lowest BCUT2D eigenvalue weighted by Gasteiger charge is -2.24. The summed E-state index contributed by atoms with van der Waals surface area (Å²) >= 11 is 6.37. The third-order valence-electron chi connectivity index (χ3n) is 4.79. The second-order valence-electron chi connectivity index (χ2n) is 7.01. The molecular formula is C22H27ClN2O3. The summed E-state index contributed by atoms with van der Waals surface area (Å²) in [6.45, 7) is 4.75. The Hall–Kier alpha value is -2.11. The highest BCUT2D eigenvalue weighted by atomic mass is 35.5. The number of hydrogen-bond acceptors (Lipinski definition) is 4. The van der Waals surface area contributed by atoms with Crippen LogP contribution in [0.5, 0.6) is 5.88 Å². The van der Waals surface area contributed by atoms with Gasteiger partial charge in [0.25, 0.3) is 5.91 Å². The molecule has 6 heteroatoms. The molecule has 2 heterocycles. The van der Waals surface area contributed by atoms with E-state index in [2.05, 4.69) is 11.9 Å². The van der Waals surface area contributed by atoms with E-state index in [1.165, 1.54) is 0 Å². The zero-order chi connectivity index (χ0) is 19.8. The molecule has 0 bridgehead atoms. The monoisotopic (exact) mass is 402 g/mol. The van der Waals surface area contributed by atoms with Crippen molar-refractivity contribution < 1.29 is 14.3 Å². The van der Waals surface area contributed by atoms with Gasteiger partial charge in [0.1, 0.15) is 11.1 Å². The fourth-order valence-corrected chi connectivity index (χ4v) is 3.38. The van der Waals surface area contributed by atoms with Crippen LogP contribution in [0.1, 0.15) is 48.5 Å². The Kier molecular flexibility index (Phi) is 7.69. The first-order valence-electron chi connectivity index (χ1n) is 9.90. The zero-order valence-electron chi connectivity index (χ0n) is 16.3. The molecule has 0 atom stereocenters. The zero-order valence-corrected chi connectivity index (χ0v) is 17.0. The smallest absolute Gasteiger partial charge is 0.255 e. The standard InChI is InChI=1S/C22H27ClN2O3/c1-2-3-11-25(16-17-7-5-4-6-8-17)22(26)18-14-20(23)21(24-15-18)28-19-9-12-27-13-10-19/h4-8,14-15,19H,2-3,9-13,16H2,1H3. The van der Waals surface area contributed by atoms with Gasteiger partial charge < -0.3 is 14.4 Å². The topological polar surface area (TPSA) is 51.7 Å². The number of aromatic nitrogens is 1. The number of unbranched alkanes of at least 4 members (excludes halogenated alkanes) is 1. The van der Waals surface area contributed by atoms with E-state index < -0.39 is 0 Å². The molecule has 1 aliphatic heterocycles. The van der Waals surface area contributed by atoms with Gasteiger partial charge in [0.15, 0.2) is 0 Å². The third kappa shape index (κ3) is 5.69. The van der Waals surface area contributed by atoms with Crippen molar-refractivity contribution in [3.05, 3.63) is 58.7 Å². The summed E-state index contributed by atoms with van der Waals surface area (Å²) in [5.41, 5.74) is 1.59. The maximum absolute atomic E-state index is 13.1. The SMILES string of the molecule is CCCCN(Cc1ccccc1)C(=O)c1cnc(OC2CCOCC2)c(Cl)c1. The van der Waals surface area contributed by atoms with Crippen molar-refractivity contribution in [2.24, 2.45) is 0 Å². The normalized spacial score (nSPS) is 14.6. The highest BCUT2D eigenvalue weighted by Gasteiger charge is 2.21. The molecule has 150 valence electrons. The van der Waals surface area contributed by atoms with Crippen molar-refractivity contribution in [2.45, 2.75) is 45.3 Å². The highest BCUT2D eigenvalue weighted by Crippen LogP contribution is 2.26. The quantitative estimate of drug-likeness (QED) is 0.640. The van der Waals surface area contributed by atoms with Crippen molar-refractivity contribution in [2.75, 3.05) is 19.8 Å². The van der Waals surface area contributed by atoms with E-state index in [0.29, 0.717) is 42.8 Å². The molecule has 0 N–H and O–H groups in total. The summed E-state index contributed by atoms with van der Waals surface area (Å²) in [7, 11) is 0. The highest BCUT2D eigenvalue weighted by molar-refractivity contribution is 6.32. The van der Waals surface area contributed by atoms with Gasteiger partial charge in [-0.05, 0) is 18.1 Å². The number of ether oxygens (including phenoxy) is 2. The average molecular weight is 403 g/mol. The molecule has 1 aliphatic rings. The number of carbonyl (C=O) groups excluding carboxylic acids is 1. The van der Waals surface area contributed by atoms with Crippen LogP contribution in [0.2, 0.25) is 5.02 Å². The first-order chi connectivity index (χ1) is 13.7. The first-order valence-corrected chi connectivity index (χ1v) is 10.3. The molecule has 1 saturated heterocycles. The first kappa shape index (κ1) is 20.6. The van der Waals surface area contributed by atoms with Gasteiger partial charge >= 0.3 is 0 Å². The summed E-state index contributed by atoms with van der Waals surface area (Å²) in [5.74, 6) is 0.317. The number of nitrogens with zero attached hydrogens (tertiary/aromatic N) is 2. The minimum absolute atomic E-state index is 0.0550. The summed E-state index contributed by atoms with van der Waals surface area (Å²) in [6, 6.07) is 11.7. The molecule has 0 radical (unpaired) electrons. The fourth-order valence-electron chi connectivity index (χ4n) is 3.17. The van der Waals surface area contributed by atoms with Crippen LogP contribution in [0.4, 0.5) is 0 Å². The van der Waals surface area contributed by atoms with Crippen molar-refractivity contribution in [3.8, 4) is 5.88 Å². The Balaban J connectivity index is 1.71. The van der Waals surface area contributed by atoms with Crippen molar-refractivity contribution in [1.82, 2.24) is 9.88 Å². The third-order valence-corrected chi connectivity index (χ3v) is 5.06. The van der Waals surface area contributed by atoms with E-state index in [9.17, 15) is 4.79 Å². The molecule has 1 aromatic heterocycles. The minimum Gasteiger partial charge on any atom is -0.473 e. The predicted molar refractivity (Wildman–Crippen MR) is 110 cm³/mol. The summed E-state index contributed by atoms with van der Waals surface area (Å²) in [4.78, 5) is 19.3. The number of hydrogen-bond donors (Lipinski definition) is 0. The van der Waals surface area contributed by atoms with Gasteiger partial charge in [-0.3, -0.25) is 4.79 Å². The van der Waals surface area contributed by atoms with Crippen LogP contribution in [0, 0.1) is 0 Å². The molecule has 0 aliphatic carbocycles. The van der Waals surface area contributed by atoms with Crippen LogP contribution in [0.15, 0.2) is 42.6 Å². The predicted octanol–water partition coefficient (Wildman–Crippen LogP) is 4.74. The van der Waals surface area contributed by atoms with E-state index in [-0.39, 0.29) is 12.0 Å². The molecule has 0 saturated carbocycles. The lowest BCUT2D eigenvalue weighted by molar-refractivity contribution is 0.0238. The van der Waals surface area contributed by atoms with E-state index in [1.54, 1.807) is 12.3 Å². The van der Waals surface area contributed by atoms with Gasteiger partial charge in [0, 0.05) is 32.1 Å². The molecule has 1 amide bonds. The second-order valence-corrected chi connectivity index (χ2v) is 7.41. The minimum atomic E-state index is -0.0654. The maximum atomic E-state index is 13.1. The number of halogens is 1. The molecule has 0 spiro atoms. The van der Waals surface area contributed by atoms with Crippen molar-refractivity contribution in [3.63, 3.8) is 0 Å². The number of amides is 1. The van der Waals surface area contributed by atoms with E-state index >= 15 is 0 Å². The molecular weight excluding hydrogens is 376 g/mol. The largest absolute Gasteiger partial charge is 0.473 e. The van der Waals surface area contributed by atoms with Gasteiger partial charge in [-0.15, -0.1) is 0 Å². The van der Waals surface area contributed by atoms with E-state index in [4.69, 9.17) is 21.1 Å². The Labute approximate surface area is 171 Å². The maximum Gasteiger partial charge on any atom is 0.255 e. The molecule has 0 unspecified atom stereocenters. The Morgan fingerprint density at radius 1 is 1.29 bits per heavy atom. The van der Waals surface area contributed by atoms with Gasteiger partial charge in [0.2, 0.25) is 5.88 Å². The van der Waals surface area contributed by atoms with E-state index in [1.807, 2.05) is 35.2 Å². The van der Waals surface area contributed by atoms with E-state index in [0.717, 1.165) is 31.2 Å². The summed E-state index contributed by atoms with van der Waals surface area (Å²) in [6.07, 6.45) is 5.23. The fraction of sp³-hybridized carbons (Fsp3) is 0.455. The van der Waals surface area contributed by atoms with Gasteiger partial charge in [-0.1, -0.05) is 55.3 Å². The van der Waals surface area contributed by atoms with Crippen LogP contribution in [-0.2, 0) is 11.3 Å². The molecule has 3 rings (SSSR count). The second kappa shape index (κ2) is 10.4. The van der Waals surface area contributed by atoms with Crippen molar-refractivity contribution >= 4 is 17.5 Å².